The number of rotatable bonds is 1. The molecule has 1 N–H and O–H groups in total. The number of aliphatic hydroxyl groups is 1. The van der Waals surface area contributed by atoms with E-state index in [0.29, 0.717) is 13.5 Å². The van der Waals surface area contributed by atoms with E-state index in [1.807, 2.05) is 0 Å². The highest BCUT2D eigenvalue weighted by Crippen LogP contribution is 2.03. The van der Waals surface area contributed by atoms with Gasteiger partial charge in [0.25, 0.3) is 0 Å². The van der Waals surface area contributed by atoms with Gasteiger partial charge in [0.15, 0.2) is 0 Å². The first-order valence-corrected chi connectivity index (χ1v) is 2.30. The fraction of sp³-hybridized carbons (Fsp3) is 1.00. The van der Waals surface area contributed by atoms with Crippen LogP contribution in [0.5, 0.6) is 0 Å². The molecule has 1 unspecified atom stereocenters. The third-order valence-corrected chi connectivity index (χ3v) is 1.04. The van der Waals surface area contributed by atoms with Gasteiger partial charge in [-0.05, 0) is 6.92 Å². The summed E-state index contributed by atoms with van der Waals surface area (Å²) in [5.41, 5.74) is 0. The molecule has 1 aliphatic rings. The minimum Gasteiger partial charge on any atom is -0.379 e. The van der Waals surface area contributed by atoms with Crippen LogP contribution >= 0.6 is 0 Å². The van der Waals surface area contributed by atoms with Crippen molar-refractivity contribution in [1.29, 1.82) is 0 Å². The lowest BCUT2D eigenvalue weighted by Gasteiger charge is -2.32. The van der Waals surface area contributed by atoms with Crippen molar-refractivity contribution in [2.45, 2.75) is 13.2 Å². The van der Waals surface area contributed by atoms with Gasteiger partial charge in [-0.2, -0.15) is 0 Å². The van der Waals surface area contributed by atoms with Gasteiger partial charge in [0, 0.05) is 0 Å². The molecule has 1 saturated heterocycles. The molecule has 42 valence electrons. The zero-order valence-electron chi connectivity index (χ0n) is 4.29. The molecule has 1 rings (SSSR count). The fourth-order valence-electron chi connectivity index (χ4n) is 0.412. The minimum absolute atomic E-state index is 0.339. The lowest BCUT2D eigenvalue weighted by atomic mass is 10.5. The number of hydrogen-bond acceptors (Lipinski definition) is 3. The van der Waals surface area contributed by atoms with E-state index >= 15 is 0 Å². The Kier molecular flexibility index (Phi) is 1.27. The Hall–Kier alpha value is -0.120. The maximum Gasteiger partial charge on any atom is 0.108 e. The van der Waals surface area contributed by atoms with E-state index in [1.165, 1.54) is 0 Å². The van der Waals surface area contributed by atoms with E-state index < -0.39 is 0 Å². The zero-order chi connectivity index (χ0) is 5.28. The van der Waals surface area contributed by atoms with Crippen molar-refractivity contribution in [2.24, 2.45) is 0 Å². The second-order valence-electron chi connectivity index (χ2n) is 1.68. The summed E-state index contributed by atoms with van der Waals surface area (Å²) in [6.45, 7) is 2.89. The zero-order valence-corrected chi connectivity index (χ0v) is 4.29. The van der Waals surface area contributed by atoms with Crippen molar-refractivity contribution in [3.05, 3.63) is 0 Å². The third kappa shape index (κ3) is 0.907. The van der Waals surface area contributed by atoms with Crippen molar-refractivity contribution < 1.29 is 9.84 Å². The second-order valence-corrected chi connectivity index (χ2v) is 1.68. The molecule has 1 heterocycles. The van der Waals surface area contributed by atoms with E-state index in [4.69, 9.17) is 9.84 Å². The smallest absolute Gasteiger partial charge is 0.108 e. The fourth-order valence-corrected chi connectivity index (χ4v) is 0.412. The molecular formula is C4H9NO2. The lowest BCUT2D eigenvalue weighted by Crippen LogP contribution is -2.45. The second kappa shape index (κ2) is 1.78. The first-order chi connectivity index (χ1) is 3.30. The first-order valence-electron chi connectivity index (χ1n) is 2.30. The average molecular weight is 103 g/mol. The van der Waals surface area contributed by atoms with Crippen molar-refractivity contribution in [1.82, 2.24) is 4.90 Å². The Morgan fingerprint density at radius 3 is 2.29 bits per heavy atom. The van der Waals surface area contributed by atoms with Gasteiger partial charge >= 0.3 is 0 Å². The molecule has 7 heavy (non-hydrogen) atoms. The number of aliphatic hydroxyl groups excluding tert-OH is 1. The first kappa shape index (κ1) is 5.03. The van der Waals surface area contributed by atoms with Crippen molar-refractivity contribution in [2.75, 3.05) is 13.5 Å². The largest absolute Gasteiger partial charge is 0.379 e. The summed E-state index contributed by atoms with van der Waals surface area (Å²) in [7, 11) is 0. The summed E-state index contributed by atoms with van der Waals surface area (Å²) in [6, 6.07) is 0. The predicted octanol–water partition coefficient (Wildman–Crippen LogP) is -0.428. The molecule has 1 fully saturated rings. The van der Waals surface area contributed by atoms with E-state index in [0.717, 1.165) is 0 Å². The molecule has 0 amide bonds. The molecule has 0 aromatic carbocycles. The molecule has 0 saturated carbocycles. The third-order valence-electron chi connectivity index (χ3n) is 1.04. The van der Waals surface area contributed by atoms with Gasteiger partial charge in [0.05, 0.1) is 0 Å². The van der Waals surface area contributed by atoms with E-state index in [2.05, 4.69) is 0 Å². The Balaban J connectivity index is 2.14. The summed E-state index contributed by atoms with van der Waals surface area (Å²) in [6.07, 6.45) is -0.339. The molecule has 1 atom stereocenters. The quantitative estimate of drug-likeness (QED) is 0.489. The maximum absolute atomic E-state index is 8.72. The van der Waals surface area contributed by atoms with Crippen LogP contribution in [0, 0.1) is 0 Å². The highest BCUT2D eigenvalue weighted by Gasteiger charge is 2.17. The molecule has 0 aromatic heterocycles. The summed E-state index contributed by atoms with van der Waals surface area (Å²) in [4.78, 5) is 1.81. The average Bonchev–Trinajstić information content (AvgIpc) is 1.23. The van der Waals surface area contributed by atoms with Crippen LogP contribution in [-0.2, 0) is 4.74 Å². The molecule has 3 heteroatoms. The van der Waals surface area contributed by atoms with Crippen molar-refractivity contribution in [3.8, 4) is 0 Å². The number of hydrogen-bond donors (Lipinski definition) is 1. The van der Waals surface area contributed by atoms with Gasteiger partial charge in [0.1, 0.15) is 19.7 Å². The Labute approximate surface area is 42.5 Å². The van der Waals surface area contributed by atoms with Crippen LogP contribution in [0.4, 0.5) is 0 Å². The summed E-state index contributed by atoms with van der Waals surface area (Å²) in [5, 5.41) is 8.72. The number of ether oxygens (including phenoxy) is 1. The predicted molar refractivity (Wildman–Crippen MR) is 24.3 cm³/mol. The van der Waals surface area contributed by atoms with Gasteiger partial charge in [0.2, 0.25) is 0 Å². The van der Waals surface area contributed by atoms with Crippen LogP contribution in [0.1, 0.15) is 6.92 Å². The van der Waals surface area contributed by atoms with Gasteiger partial charge in [-0.25, -0.2) is 4.90 Å². The van der Waals surface area contributed by atoms with Crippen LogP contribution in [0.25, 0.3) is 0 Å². The topological polar surface area (TPSA) is 32.7 Å². The molecule has 0 aliphatic carbocycles. The van der Waals surface area contributed by atoms with E-state index in [-0.39, 0.29) is 6.23 Å². The lowest BCUT2D eigenvalue weighted by molar-refractivity contribution is -0.205. The SMILES string of the molecule is CC(O)N1COC1. The van der Waals surface area contributed by atoms with E-state index in [1.54, 1.807) is 11.8 Å². The Morgan fingerprint density at radius 1 is 1.71 bits per heavy atom. The molecule has 0 spiro atoms. The molecule has 3 nitrogen and oxygen atoms in total. The summed E-state index contributed by atoms with van der Waals surface area (Å²) >= 11 is 0. The Bertz CT molecular complexity index is 60.7. The highest BCUT2D eigenvalue weighted by molar-refractivity contribution is 4.52. The molecular weight excluding hydrogens is 94.0 g/mol. The maximum atomic E-state index is 8.72. The monoisotopic (exact) mass is 103 g/mol. The van der Waals surface area contributed by atoms with Gasteiger partial charge < -0.3 is 9.84 Å². The van der Waals surface area contributed by atoms with Crippen LogP contribution < -0.4 is 0 Å². The van der Waals surface area contributed by atoms with Crippen LogP contribution in [0.3, 0.4) is 0 Å². The number of nitrogens with zero attached hydrogens (tertiary/aromatic N) is 1. The Morgan fingerprint density at radius 2 is 2.29 bits per heavy atom. The molecule has 1 aliphatic heterocycles. The van der Waals surface area contributed by atoms with Crippen molar-refractivity contribution in [3.63, 3.8) is 0 Å². The van der Waals surface area contributed by atoms with Gasteiger partial charge in [-0.3, -0.25) is 0 Å². The highest BCUT2D eigenvalue weighted by atomic mass is 16.6. The molecule has 0 bridgehead atoms. The van der Waals surface area contributed by atoms with Crippen LogP contribution in [-0.4, -0.2) is 29.7 Å². The van der Waals surface area contributed by atoms with Crippen LogP contribution in [0.2, 0.25) is 0 Å². The van der Waals surface area contributed by atoms with Crippen LogP contribution in [0.15, 0.2) is 0 Å². The normalized spacial score (nSPS) is 26.6. The summed E-state index contributed by atoms with van der Waals surface area (Å²) in [5.74, 6) is 0. The molecule has 0 aromatic rings. The van der Waals surface area contributed by atoms with Gasteiger partial charge in [-0.1, -0.05) is 0 Å². The van der Waals surface area contributed by atoms with Crippen molar-refractivity contribution >= 4 is 0 Å². The summed E-state index contributed by atoms with van der Waals surface area (Å²) < 4.78 is 4.76. The van der Waals surface area contributed by atoms with Gasteiger partial charge in [-0.15, -0.1) is 0 Å². The van der Waals surface area contributed by atoms with E-state index in [9.17, 15) is 0 Å². The standard InChI is InChI=1S/C4H9NO2/c1-4(6)5-2-7-3-5/h4,6H,2-3H2,1H3. The minimum atomic E-state index is -0.339. The molecule has 0 radical (unpaired) electrons.